The SMILES string of the molecule is Cc1ccc(C2C(=O)N(C3CCCC3)CC(=O)N2C2CC2)cc1. The highest BCUT2D eigenvalue weighted by molar-refractivity contribution is 5.96. The summed E-state index contributed by atoms with van der Waals surface area (Å²) in [4.78, 5) is 29.7. The van der Waals surface area contributed by atoms with E-state index in [0.29, 0.717) is 0 Å². The Bertz CT molecular complexity index is 615. The quantitative estimate of drug-likeness (QED) is 0.861. The monoisotopic (exact) mass is 312 g/mol. The van der Waals surface area contributed by atoms with Gasteiger partial charge >= 0.3 is 0 Å². The summed E-state index contributed by atoms with van der Waals surface area (Å²) in [6, 6.07) is 8.21. The van der Waals surface area contributed by atoms with Crippen molar-refractivity contribution in [2.75, 3.05) is 6.54 Å². The first-order chi connectivity index (χ1) is 11.1. The van der Waals surface area contributed by atoms with Crippen molar-refractivity contribution < 1.29 is 9.59 Å². The van der Waals surface area contributed by atoms with Crippen molar-refractivity contribution in [3.8, 4) is 0 Å². The summed E-state index contributed by atoms with van der Waals surface area (Å²) >= 11 is 0. The van der Waals surface area contributed by atoms with Crippen LogP contribution in [-0.2, 0) is 9.59 Å². The van der Waals surface area contributed by atoms with Crippen LogP contribution in [0.25, 0.3) is 0 Å². The van der Waals surface area contributed by atoms with Gasteiger partial charge in [0.2, 0.25) is 5.91 Å². The van der Waals surface area contributed by atoms with Gasteiger partial charge in [-0.2, -0.15) is 0 Å². The van der Waals surface area contributed by atoms with E-state index in [0.717, 1.165) is 31.2 Å². The van der Waals surface area contributed by atoms with Crippen molar-refractivity contribution in [3.63, 3.8) is 0 Å². The van der Waals surface area contributed by atoms with Gasteiger partial charge in [0.25, 0.3) is 5.91 Å². The summed E-state index contributed by atoms with van der Waals surface area (Å²) in [6.45, 7) is 2.32. The normalized spacial score (nSPS) is 26.2. The largest absolute Gasteiger partial charge is 0.328 e. The van der Waals surface area contributed by atoms with Crippen LogP contribution in [0.5, 0.6) is 0 Å². The molecule has 0 aromatic heterocycles. The molecule has 2 aliphatic carbocycles. The van der Waals surface area contributed by atoms with Crippen LogP contribution in [0.1, 0.15) is 55.7 Å². The van der Waals surface area contributed by atoms with E-state index in [9.17, 15) is 9.59 Å². The highest BCUT2D eigenvalue weighted by Crippen LogP contribution is 2.39. The second kappa shape index (κ2) is 5.66. The molecule has 3 aliphatic rings. The predicted molar refractivity (Wildman–Crippen MR) is 87.8 cm³/mol. The van der Waals surface area contributed by atoms with Crippen LogP contribution in [-0.4, -0.2) is 40.2 Å². The molecule has 4 nitrogen and oxygen atoms in total. The Morgan fingerprint density at radius 1 is 0.913 bits per heavy atom. The van der Waals surface area contributed by atoms with Gasteiger partial charge < -0.3 is 9.80 Å². The smallest absolute Gasteiger partial charge is 0.250 e. The number of aryl methyl sites for hydroxylation is 1. The van der Waals surface area contributed by atoms with Gasteiger partial charge in [-0.3, -0.25) is 9.59 Å². The van der Waals surface area contributed by atoms with Crippen LogP contribution in [0.15, 0.2) is 24.3 Å². The van der Waals surface area contributed by atoms with Crippen LogP contribution < -0.4 is 0 Å². The summed E-state index contributed by atoms with van der Waals surface area (Å²) in [5, 5.41) is 0. The summed E-state index contributed by atoms with van der Waals surface area (Å²) in [7, 11) is 0. The maximum Gasteiger partial charge on any atom is 0.250 e. The Morgan fingerprint density at radius 3 is 2.17 bits per heavy atom. The highest BCUT2D eigenvalue weighted by Gasteiger charge is 2.48. The average Bonchev–Trinajstić information content (AvgIpc) is 3.23. The van der Waals surface area contributed by atoms with Gasteiger partial charge in [0.05, 0.1) is 0 Å². The molecule has 0 bridgehead atoms. The highest BCUT2D eigenvalue weighted by atomic mass is 16.2. The molecule has 1 saturated heterocycles. The van der Waals surface area contributed by atoms with Crippen molar-refractivity contribution in [2.24, 2.45) is 0 Å². The lowest BCUT2D eigenvalue weighted by molar-refractivity contribution is -0.159. The van der Waals surface area contributed by atoms with Crippen LogP contribution in [0, 0.1) is 6.92 Å². The first kappa shape index (κ1) is 14.7. The predicted octanol–water partition coefficient (Wildman–Crippen LogP) is 2.81. The Morgan fingerprint density at radius 2 is 1.57 bits per heavy atom. The lowest BCUT2D eigenvalue weighted by Crippen LogP contribution is -2.58. The van der Waals surface area contributed by atoms with E-state index in [-0.39, 0.29) is 30.4 Å². The van der Waals surface area contributed by atoms with Gasteiger partial charge in [0, 0.05) is 12.1 Å². The molecule has 1 unspecified atom stereocenters. The molecule has 4 heteroatoms. The second-order valence-electron chi connectivity index (χ2n) is 7.25. The third-order valence-electron chi connectivity index (χ3n) is 5.49. The van der Waals surface area contributed by atoms with Crippen LogP contribution in [0.2, 0.25) is 0 Å². The molecular weight excluding hydrogens is 288 g/mol. The van der Waals surface area contributed by atoms with Crippen molar-refractivity contribution in [3.05, 3.63) is 35.4 Å². The molecule has 0 spiro atoms. The average molecular weight is 312 g/mol. The number of carbonyl (C=O) groups is 2. The van der Waals surface area contributed by atoms with E-state index in [1.165, 1.54) is 18.4 Å². The standard InChI is InChI=1S/C19H24N2O2/c1-13-6-8-14(9-7-13)18-19(23)20(15-4-2-3-5-15)12-17(22)21(18)16-10-11-16/h6-9,15-16,18H,2-5,10-12H2,1H3. The maximum absolute atomic E-state index is 13.2. The zero-order valence-corrected chi connectivity index (χ0v) is 13.7. The van der Waals surface area contributed by atoms with Crippen LogP contribution in [0.4, 0.5) is 0 Å². The second-order valence-corrected chi connectivity index (χ2v) is 7.25. The summed E-state index contributed by atoms with van der Waals surface area (Å²) in [5.41, 5.74) is 2.14. The Hall–Kier alpha value is -1.84. The van der Waals surface area contributed by atoms with Gasteiger partial charge in [-0.25, -0.2) is 0 Å². The lowest BCUT2D eigenvalue weighted by atomic mass is 9.98. The number of hydrogen-bond acceptors (Lipinski definition) is 2. The fraction of sp³-hybridized carbons (Fsp3) is 0.579. The minimum absolute atomic E-state index is 0.129. The third-order valence-corrected chi connectivity index (χ3v) is 5.49. The molecule has 3 fully saturated rings. The van der Waals surface area contributed by atoms with Gasteiger partial charge in [-0.05, 0) is 38.2 Å². The van der Waals surface area contributed by atoms with Crippen LogP contribution >= 0.6 is 0 Å². The molecule has 122 valence electrons. The van der Waals surface area contributed by atoms with Gasteiger partial charge in [0.15, 0.2) is 0 Å². The zero-order chi connectivity index (χ0) is 16.0. The Balaban J connectivity index is 1.68. The van der Waals surface area contributed by atoms with Crippen molar-refractivity contribution in [1.29, 1.82) is 0 Å². The minimum Gasteiger partial charge on any atom is -0.328 e. The first-order valence-corrected chi connectivity index (χ1v) is 8.83. The Labute approximate surface area is 137 Å². The van der Waals surface area contributed by atoms with Crippen molar-refractivity contribution in [1.82, 2.24) is 9.80 Å². The number of benzene rings is 1. The topological polar surface area (TPSA) is 40.6 Å². The van der Waals surface area contributed by atoms with E-state index >= 15 is 0 Å². The molecule has 23 heavy (non-hydrogen) atoms. The fourth-order valence-corrected chi connectivity index (χ4v) is 4.07. The molecule has 0 N–H and O–H groups in total. The zero-order valence-electron chi connectivity index (χ0n) is 13.7. The summed E-state index contributed by atoms with van der Waals surface area (Å²) in [6.07, 6.45) is 6.50. The molecule has 1 heterocycles. The molecular formula is C19H24N2O2. The van der Waals surface area contributed by atoms with Crippen molar-refractivity contribution in [2.45, 2.75) is 63.6 Å². The maximum atomic E-state index is 13.2. The summed E-state index contributed by atoms with van der Waals surface area (Å²) in [5.74, 6) is 0.261. The first-order valence-electron chi connectivity index (χ1n) is 8.83. The molecule has 1 aliphatic heterocycles. The van der Waals surface area contributed by atoms with E-state index in [2.05, 4.69) is 0 Å². The molecule has 2 saturated carbocycles. The van der Waals surface area contributed by atoms with E-state index in [4.69, 9.17) is 0 Å². The summed E-state index contributed by atoms with van der Waals surface area (Å²) < 4.78 is 0. The number of piperazine rings is 1. The molecule has 1 aromatic carbocycles. The molecule has 0 radical (unpaired) electrons. The van der Waals surface area contributed by atoms with E-state index < -0.39 is 6.04 Å². The fourth-order valence-electron chi connectivity index (χ4n) is 4.07. The minimum atomic E-state index is -0.412. The van der Waals surface area contributed by atoms with Crippen molar-refractivity contribution >= 4 is 11.8 Å². The van der Waals surface area contributed by atoms with Crippen LogP contribution in [0.3, 0.4) is 0 Å². The number of hydrogen-bond donors (Lipinski definition) is 0. The Kier molecular flexibility index (Phi) is 3.63. The van der Waals surface area contributed by atoms with E-state index in [1.807, 2.05) is 41.0 Å². The van der Waals surface area contributed by atoms with E-state index in [1.54, 1.807) is 0 Å². The molecule has 1 aromatic rings. The number of rotatable bonds is 3. The lowest BCUT2D eigenvalue weighted by Gasteiger charge is -2.43. The molecule has 4 rings (SSSR count). The third kappa shape index (κ3) is 2.64. The van der Waals surface area contributed by atoms with Gasteiger partial charge in [-0.15, -0.1) is 0 Å². The number of nitrogens with zero attached hydrogens (tertiary/aromatic N) is 2. The number of carbonyl (C=O) groups excluding carboxylic acids is 2. The molecule has 2 amide bonds. The number of amides is 2. The van der Waals surface area contributed by atoms with Gasteiger partial charge in [0.1, 0.15) is 12.6 Å². The van der Waals surface area contributed by atoms with Gasteiger partial charge in [-0.1, -0.05) is 42.7 Å². The molecule has 1 atom stereocenters.